The number of aliphatic hydroxyl groups is 1. The van der Waals surface area contributed by atoms with E-state index in [0.29, 0.717) is 31.9 Å². The molecule has 1 spiro atoms. The number of carbonyl (C=O) groups excluding carboxylic acids is 2. The van der Waals surface area contributed by atoms with Crippen LogP contribution in [0.25, 0.3) is 0 Å². The van der Waals surface area contributed by atoms with Gasteiger partial charge in [-0.25, -0.2) is 0 Å². The highest BCUT2D eigenvalue weighted by atomic mass is 35.5. The molecule has 2 heterocycles. The summed E-state index contributed by atoms with van der Waals surface area (Å²) in [4.78, 5) is 30.4. The highest BCUT2D eigenvalue weighted by molar-refractivity contribution is 6.31. The van der Waals surface area contributed by atoms with Gasteiger partial charge in [0.25, 0.3) is 0 Å². The first-order valence-electron chi connectivity index (χ1n) is 10.9. The number of likely N-dealkylation sites (tertiary alicyclic amines) is 1. The van der Waals surface area contributed by atoms with Crippen LogP contribution in [0.5, 0.6) is 0 Å². The number of aliphatic hydroxyl groups excluding tert-OH is 1. The summed E-state index contributed by atoms with van der Waals surface area (Å²) in [6.07, 6.45) is -1.89. The fourth-order valence-electron chi connectivity index (χ4n) is 4.92. The number of alkyl halides is 3. The SMILES string of the molecule is C[C@H]1CC2(CC2)[C@H](O)CN1C(=O)CCN1CCN(c2ccc(C(F)(F)F)c(Cl)c2)C(=O)C1. The number of benzene rings is 1. The number of piperidine rings is 1. The highest BCUT2D eigenvalue weighted by Crippen LogP contribution is 2.55. The zero-order valence-corrected chi connectivity index (χ0v) is 18.6. The van der Waals surface area contributed by atoms with Crippen molar-refractivity contribution in [2.75, 3.05) is 37.6 Å². The number of hydrogen-bond donors (Lipinski definition) is 1. The molecule has 176 valence electrons. The van der Waals surface area contributed by atoms with Gasteiger partial charge in [-0.2, -0.15) is 13.2 Å². The zero-order valence-electron chi connectivity index (χ0n) is 17.9. The number of hydrogen-bond acceptors (Lipinski definition) is 4. The van der Waals surface area contributed by atoms with Crippen molar-refractivity contribution in [1.82, 2.24) is 9.80 Å². The summed E-state index contributed by atoms with van der Waals surface area (Å²) in [6.45, 7) is 3.67. The Kier molecular flexibility index (Phi) is 6.19. The Hall–Kier alpha value is -1.84. The predicted octanol–water partition coefficient (Wildman–Crippen LogP) is 3.16. The molecule has 0 aromatic heterocycles. The normalized spacial score (nSPS) is 26.0. The van der Waals surface area contributed by atoms with Crippen LogP contribution in [-0.2, 0) is 15.8 Å². The van der Waals surface area contributed by atoms with Crippen molar-refractivity contribution in [3.8, 4) is 0 Å². The summed E-state index contributed by atoms with van der Waals surface area (Å²) in [7, 11) is 0. The van der Waals surface area contributed by atoms with E-state index < -0.39 is 22.9 Å². The van der Waals surface area contributed by atoms with Gasteiger partial charge < -0.3 is 14.9 Å². The molecule has 4 rings (SSSR count). The molecule has 0 radical (unpaired) electrons. The summed E-state index contributed by atoms with van der Waals surface area (Å²) in [5.41, 5.74) is -0.591. The third kappa shape index (κ3) is 4.61. The Morgan fingerprint density at radius 1 is 1.28 bits per heavy atom. The molecule has 3 aliphatic rings. The van der Waals surface area contributed by atoms with E-state index in [-0.39, 0.29) is 36.2 Å². The lowest BCUT2D eigenvalue weighted by Crippen LogP contribution is -2.54. The Morgan fingerprint density at radius 3 is 2.59 bits per heavy atom. The molecule has 32 heavy (non-hydrogen) atoms. The van der Waals surface area contributed by atoms with Gasteiger partial charge in [0.2, 0.25) is 11.8 Å². The van der Waals surface area contributed by atoms with Crippen molar-refractivity contribution < 1.29 is 27.9 Å². The lowest BCUT2D eigenvalue weighted by Gasteiger charge is -2.42. The predicted molar refractivity (Wildman–Crippen MR) is 113 cm³/mol. The zero-order chi connectivity index (χ0) is 23.3. The number of amides is 2. The van der Waals surface area contributed by atoms with Crippen LogP contribution < -0.4 is 4.90 Å². The van der Waals surface area contributed by atoms with Crippen molar-refractivity contribution >= 4 is 29.1 Å². The summed E-state index contributed by atoms with van der Waals surface area (Å²) < 4.78 is 38.7. The minimum atomic E-state index is -4.55. The number of anilines is 1. The van der Waals surface area contributed by atoms with Crippen LogP contribution in [0.4, 0.5) is 18.9 Å². The maximum atomic E-state index is 12.9. The molecule has 0 bridgehead atoms. The maximum absolute atomic E-state index is 12.9. The molecule has 2 atom stereocenters. The molecule has 0 unspecified atom stereocenters. The molecule has 2 amide bonds. The molecule has 1 N–H and O–H groups in total. The largest absolute Gasteiger partial charge is 0.417 e. The maximum Gasteiger partial charge on any atom is 0.417 e. The molecule has 1 aromatic carbocycles. The standard InChI is InChI=1S/C22H27ClF3N3O3/c1-14-11-21(5-6-21)18(30)12-29(14)19(31)4-7-27-8-9-28(20(32)13-27)15-2-3-16(17(23)10-15)22(24,25)26/h2-3,10,14,18,30H,4-9,11-13H2,1H3/t14-,18+/m0/s1. The van der Waals surface area contributed by atoms with Crippen LogP contribution in [0.1, 0.15) is 38.2 Å². The van der Waals surface area contributed by atoms with Crippen LogP contribution in [0.2, 0.25) is 5.02 Å². The molecular formula is C22H27ClF3N3O3. The number of β-amino-alcohol motifs (C(OH)–C–C–N with tert-alkyl or cyclic N) is 1. The number of piperazine rings is 1. The average molecular weight is 474 g/mol. The molecule has 2 saturated heterocycles. The van der Waals surface area contributed by atoms with Gasteiger partial charge in [-0.1, -0.05) is 11.6 Å². The minimum absolute atomic E-state index is 0.0140. The second-order valence-electron chi connectivity index (χ2n) is 9.21. The molecule has 2 aliphatic heterocycles. The van der Waals surface area contributed by atoms with Gasteiger partial charge in [0, 0.05) is 49.7 Å². The van der Waals surface area contributed by atoms with Gasteiger partial charge in [-0.15, -0.1) is 0 Å². The van der Waals surface area contributed by atoms with Gasteiger partial charge in [0.1, 0.15) is 0 Å². The van der Waals surface area contributed by atoms with E-state index in [9.17, 15) is 27.9 Å². The Balaban J connectivity index is 1.30. The molecular weight excluding hydrogens is 447 g/mol. The van der Waals surface area contributed by atoms with Crippen molar-refractivity contribution in [3.63, 3.8) is 0 Å². The first kappa shape index (κ1) is 23.3. The molecule has 6 nitrogen and oxygen atoms in total. The van der Waals surface area contributed by atoms with E-state index in [1.54, 1.807) is 4.90 Å². The second-order valence-corrected chi connectivity index (χ2v) is 9.62. The second kappa shape index (κ2) is 8.50. The lowest BCUT2D eigenvalue weighted by molar-refractivity contribution is -0.140. The van der Waals surface area contributed by atoms with Gasteiger partial charge in [0.15, 0.2) is 0 Å². The quantitative estimate of drug-likeness (QED) is 0.729. The first-order chi connectivity index (χ1) is 15.0. The molecule has 1 saturated carbocycles. The third-order valence-corrected chi connectivity index (χ3v) is 7.35. The van der Waals surface area contributed by atoms with Crippen LogP contribution in [0.3, 0.4) is 0 Å². The van der Waals surface area contributed by atoms with Crippen molar-refractivity contribution in [1.29, 1.82) is 0 Å². The molecule has 3 fully saturated rings. The van der Waals surface area contributed by atoms with E-state index >= 15 is 0 Å². The van der Waals surface area contributed by atoms with Gasteiger partial charge in [0.05, 0.1) is 23.2 Å². The van der Waals surface area contributed by atoms with E-state index in [4.69, 9.17) is 11.6 Å². The van der Waals surface area contributed by atoms with Crippen molar-refractivity contribution in [2.24, 2.45) is 5.41 Å². The number of halogens is 4. The van der Waals surface area contributed by atoms with Crippen molar-refractivity contribution in [3.05, 3.63) is 28.8 Å². The Labute approximate surface area is 189 Å². The number of rotatable bonds is 4. The number of nitrogens with zero attached hydrogens (tertiary/aromatic N) is 3. The van der Waals surface area contributed by atoms with Crippen LogP contribution in [0.15, 0.2) is 18.2 Å². The number of carbonyl (C=O) groups is 2. The topological polar surface area (TPSA) is 64.1 Å². The minimum Gasteiger partial charge on any atom is -0.391 e. The highest BCUT2D eigenvalue weighted by Gasteiger charge is 2.53. The van der Waals surface area contributed by atoms with Gasteiger partial charge in [-0.05, 0) is 44.4 Å². The van der Waals surface area contributed by atoms with E-state index in [0.717, 1.165) is 31.4 Å². The summed E-state index contributed by atoms with van der Waals surface area (Å²) in [5.74, 6) is -0.284. The fraction of sp³-hybridized carbons (Fsp3) is 0.636. The van der Waals surface area contributed by atoms with Gasteiger partial charge in [-0.3, -0.25) is 14.5 Å². The monoisotopic (exact) mass is 473 g/mol. The summed E-state index contributed by atoms with van der Waals surface area (Å²) in [5, 5.41) is 9.94. The van der Waals surface area contributed by atoms with Gasteiger partial charge >= 0.3 is 6.18 Å². The van der Waals surface area contributed by atoms with E-state index in [1.165, 1.54) is 11.0 Å². The third-order valence-electron chi connectivity index (χ3n) is 7.03. The lowest BCUT2D eigenvalue weighted by atomic mass is 9.86. The van der Waals surface area contributed by atoms with Crippen LogP contribution >= 0.6 is 11.6 Å². The van der Waals surface area contributed by atoms with Crippen LogP contribution in [0, 0.1) is 5.41 Å². The molecule has 10 heteroatoms. The fourth-order valence-corrected chi connectivity index (χ4v) is 5.21. The average Bonchev–Trinajstić information content (AvgIpc) is 3.48. The van der Waals surface area contributed by atoms with E-state index in [2.05, 4.69) is 0 Å². The van der Waals surface area contributed by atoms with Crippen LogP contribution in [-0.4, -0.2) is 71.6 Å². The first-order valence-corrected chi connectivity index (χ1v) is 11.2. The van der Waals surface area contributed by atoms with Crippen molar-refractivity contribution in [2.45, 2.75) is 50.9 Å². The summed E-state index contributed by atoms with van der Waals surface area (Å²) in [6, 6.07) is 3.39. The Morgan fingerprint density at radius 2 is 2.00 bits per heavy atom. The Bertz CT molecular complexity index is 906. The van der Waals surface area contributed by atoms with E-state index in [1.807, 2.05) is 11.8 Å². The molecule has 1 aromatic rings. The smallest absolute Gasteiger partial charge is 0.391 e. The summed E-state index contributed by atoms with van der Waals surface area (Å²) >= 11 is 5.78. The molecule has 1 aliphatic carbocycles.